The van der Waals surface area contributed by atoms with Crippen molar-refractivity contribution in [2.45, 2.75) is 45.6 Å². The van der Waals surface area contributed by atoms with E-state index in [1.807, 2.05) is 0 Å². The summed E-state index contributed by atoms with van der Waals surface area (Å²) < 4.78 is 1.14. The third kappa shape index (κ3) is 3.96. The van der Waals surface area contributed by atoms with Crippen LogP contribution in [0, 0.1) is 6.92 Å². The van der Waals surface area contributed by atoms with Crippen molar-refractivity contribution in [3.8, 4) is 0 Å². The van der Waals surface area contributed by atoms with Gasteiger partial charge in [0.2, 0.25) is 0 Å². The molecule has 1 rings (SSSR count). The first kappa shape index (κ1) is 12.7. The Balaban J connectivity index is 2.61. The largest absolute Gasteiger partial charge is 0.324 e. The van der Waals surface area contributed by atoms with Crippen LogP contribution in [0.3, 0.4) is 0 Å². The lowest BCUT2D eigenvalue weighted by atomic mass is 10.0. The quantitative estimate of drug-likeness (QED) is 0.791. The molecule has 1 aromatic carbocycles. The second kappa shape index (κ2) is 6.29. The average molecular weight is 270 g/mol. The smallest absolute Gasteiger partial charge is 0.0306 e. The SMILES string of the molecule is CCCCCC(N)c1ccc(C)cc1Br. The van der Waals surface area contributed by atoms with Crippen LogP contribution in [0.5, 0.6) is 0 Å². The molecule has 0 amide bonds. The first-order valence-electron chi connectivity index (χ1n) is 5.66. The standard InChI is InChI=1S/C13H20BrN/c1-3-4-5-6-13(15)11-8-7-10(2)9-12(11)14/h7-9,13H,3-6,15H2,1-2H3. The van der Waals surface area contributed by atoms with Crippen LogP contribution in [0.4, 0.5) is 0 Å². The van der Waals surface area contributed by atoms with Crippen LogP contribution in [0.2, 0.25) is 0 Å². The molecule has 0 bridgehead atoms. The van der Waals surface area contributed by atoms with Crippen LogP contribution in [0.25, 0.3) is 0 Å². The number of hydrogen-bond acceptors (Lipinski definition) is 1. The molecule has 0 saturated carbocycles. The molecule has 0 radical (unpaired) electrons. The number of halogens is 1. The molecule has 84 valence electrons. The fourth-order valence-electron chi connectivity index (χ4n) is 1.70. The van der Waals surface area contributed by atoms with Gasteiger partial charge in [-0.1, -0.05) is 54.2 Å². The van der Waals surface area contributed by atoms with Crippen LogP contribution in [0.1, 0.15) is 49.8 Å². The lowest BCUT2D eigenvalue weighted by Gasteiger charge is -2.14. The van der Waals surface area contributed by atoms with Gasteiger partial charge in [-0.05, 0) is 30.5 Å². The van der Waals surface area contributed by atoms with Crippen LogP contribution in [-0.4, -0.2) is 0 Å². The predicted octanol–water partition coefficient (Wildman–Crippen LogP) is 4.34. The van der Waals surface area contributed by atoms with Gasteiger partial charge in [0.25, 0.3) is 0 Å². The normalized spacial score (nSPS) is 12.8. The minimum atomic E-state index is 0.173. The molecular weight excluding hydrogens is 250 g/mol. The van der Waals surface area contributed by atoms with Gasteiger partial charge in [-0.25, -0.2) is 0 Å². The molecule has 1 unspecified atom stereocenters. The molecule has 0 aromatic heterocycles. The van der Waals surface area contributed by atoms with Gasteiger partial charge >= 0.3 is 0 Å². The summed E-state index contributed by atoms with van der Waals surface area (Å²) in [6.07, 6.45) is 4.83. The van der Waals surface area contributed by atoms with E-state index < -0.39 is 0 Å². The summed E-state index contributed by atoms with van der Waals surface area (Å²) in [6.45, 7) is 4.31. The molecule has 0 heterocycles. The van der Waals surface area contributed by atoms with E-state index >= 15 is 0 Å². The first-order chi connectivity index (χ1) is 7.15. The third-order valence-corrected chi connectivity index (χ3v) is 3.36. The number of benzene rings is 1. The van der Waals surface area contributed by atoms with E-state index in [-0.39, 0.29) is 6.04 Å². The number of unbranched alkanes of at least 4 members (excludes halogenated alkanes) is 2. The first-order valence-corrected chi connectivity index (χ1v) is 6.46. The monoisotopic (exact) mass is 269 g/mol. The highest BCUT2D eigenvalue weighted by Gasteiger charge is 2.09. The average Bonchev–Trinajstić information content (AvgIpc) is 2.17. The highest BCUT2D eigenvalue weighted by molar-refractivity contribution is 9.10. The van der Waals surface area contributed by atoms with Crippen molar-refractivity contribution >= 4 is 15.9 Å². The molecule has 15 heavy (non-hydrogen) atoms. The van der Waals surface area contributed by atoms with Crippen LogP contribution >= 0.6 is 15.9 Å². The van der Waals surface area contributed by atoms with Gasteiger partial charge in [0.05, 0.1) is 0 Å². The fraction of sp³-hybridized carbons (Fsp3) is 0.538. The highest BCUT2D eigenvalue weighted by Crippen LogP contribution is 2.26. The second-order valence-electron chi connectivity index (χ2n) is 4.13. The Morgan fingerprint density at radius 2 is 2.07 bits per heavy atom. The maximum absolute atomic E-state index is 6.16. The third-order valence-electron chi connectivity index (χ3n) is 2.67. The van der Waals surface area contributed by atoms with Crippen molar-refractivity contribution in [3.63, 3.8) is 0 Å². The van der Waals surface area contributed by atoms with E-state index in [1.165, 1.54) is 30.4 Å². The van der Waals surface area contributed by atoms with E-state index in [9.17, 15) is 0 Å². The summed E-state index contributed by atoms with van der Waals surface area (Å²) in [5, 5.41) is 0. The Hall–Kier alpha value is -0.340. The predicted molar refractivity (Wildman–Crippen MR) is 69.9 cm³/mol. The lowest BCUT2D eigenvalue weighted by Crippen LogP contribution is -2.10. The summed E-state index contributed by atoms with van der Waals surface area (Å²) >= 11 is 3.58. The summed E-state index contributed by atoms with van der Waals surface area (Å²) in [4.78, 5) is 0. The van der Waals surface area contributed by atoms with Gasteiger partial charge < -0.3 is 5.73 Å². The van der Waals surface area contributed by atoms with Crippen LogP contribution in [-0.2, 0) is 0 Å². The molecule has 0 aliphatic heterocycles. The van der Waals surface area contributed by atoms with Gasteiger partial charge in [-0.2, -0.15) is 0 Å². The second-order valence-corrected chi connectivity index (χ2v) is 4.98. The molecule has 2 N–H and O–H groups in total. The topological polar surface area (TPSA) is 26.0 Å². The molecule has 1 atom stereocenters. The number of rotatable bonds is 5. The van der Waals surface area contributed by atoms with E-state index in [0.29, 0.717) is 0 Å². The van der Waals surface area contributed by atoms with Crippen molar-refractivity contribution in [2.75, 3.05) is 0 Å². The van der Waals surface area contributed by atoms with Crippen molar-refractivity contribution in [3.05, 3.63) is 33.8 Å². The Labute approximate surface area is 101 Å². The summed E-state index contributed by atoms with van der Waals surface area (Å²) in [6, 6.07) is 6.57. The lowest BCUT2D eigenvalue weighted by molar-refractivity contribution is 0.580. The zero-order valence-electron chi connectivity index (χ0n) is 9.59. The maximum Gasteiger partial charge on any atom is 0.0306 e. The molecule has 1 aromatic rings. The summed E-state index contributed by atoms with van der Waals surface area (Å²) in [5.74, 6) is 0. The number of nitrogens with two attached hydrogens (primary N) is 1. The van der Waals surface area contributed by atoms with Gasteiger partial charge in [-0.3, -0.25) is 0 Å². The zero-order chi connectivity index (χ0) is 11.3. The van der Waals surface area contributed by atoms with E-state index in [0.717, 1.165) is 10.9 Å². The molecule has 0 spiro atoms. The van der Waals surface area contributed by atoms with E-state index in [2.05, 4.69) is 48.0 Å². The zero-order valence-corrected chi connectivity index (χ0v) is 11.2. The molecular formula is C13H20BrN. The van der Waals surface area contributed by atoms with E-state index in [4.69, 9.17) is 5.73 Å². The van der Waals surface area contributed by atoms with Crippen molar-refractivity contribution < 1.29 is 0 Å². The minimum Gasteiger partial charge on any atom is -0.324 e. The molecule has 0 aliphatic carbocycles. The molecule has 0 aliphatic rings. The van der Waals surface area contributed by atoms with Crippen molar-refractivity contribution in [1.82, 2.24) is 0 Å². The highest BCUT2D eigenvalue weighted by atomic mass is 79.9. The molecule has 2 heteroatoms. The minimum absolute atomic E-state index is 0.173. The van der Waals surface area contributed by atoms with Gasteiger partial charge in [-0.15, -0.1) is 0 Å². The maximum atomic E-state index is 6.16. The van der Waals surface area contributed by atoms with Crippen LogP contribution < -0.4 is 5.73 Å². The van der Waals surface area contributed by atoms with Crippen LogP contribution in [0.15, 0.2) is 22.7 Å². The molecule has 0 fully saturated rings. The van der Waals surface area contributed by atoms with Gasteiger partial charge in [0.15, 0.2) is 0 Å². The van der Waals surface area contributed by atoms with Crippen molar-refractivity contribution in [1.29, 1.82) is 0 Å². The summed E-state index contributed by atoms with van der Waals surface area (Å²) in [5.41, 5.74) is 8.66. The Kier molecular flexibility index (Phi) is 5.34. The number of aryl methyl sites for hydroxylation is 1. The fourth-order valence-corrected chi connectivity index (χ4v) is 2.49. The van der Waals surface area contributed by atoms with E-state index in [1.54, 1.807) is 0 Å². The Morgan fingerprint density at radius 3 is 2.67 bits per heavy atom. The Morgan fingerprint density at radius 1 is 1.33 bits per heavy atom. The number of hydrogen-bond donors (Lipinski definition) is 1. The summed E-state index contributed by atoms with van der Waals surface area (Å²) in [7, 11) is 0. The van der Waals surface area contributed by atoms with Gasteiger partial charge in [0.1, 0.15) is 0 Å². The molecule has 0 saturated heterocycles. The van der Waals surface area contributed by atoms with Crippen molar-refractivity contribution in [2.24, 2.45) is 5.73 Å². The Bertz CT molecular complexity index is 309. The molecule has 1 nitrogen and oxygen atoms in total. The van der Waals surface area contributed by atoms with Gasteiger partial charge in [0, 0.05) is 10.5 Å².